The van der Waals surface area contributed by atoms with Crippen molar-refractivity contribution in [1.82, 2.24) is 9.38 Å². The van der Waals surface area contributed by atoms with Crippen LogP contribution in [-0.2, 0) is 30.4 Å². The molecule has 352 valence electrons. The van der Waals surface area contributed by atoms with Gasteiger partial charge in [-0.15, -0.1) is 20.5 Å². The van der Waals surface area contributed by atoms with E-state index in [0.717, 1.165) is 12.1 Å². The number of primary amides is 1. The van der Waals surface area contributed by atoms with Gasteiger partial charge in [-0.3, -0.25) is 22.9 Å². The van der Waals surface area contributed by atoms with Gasteiger partial charge >= 0.3 is 5.97 Å². The number of hydrogen-bond donors (Lipinski definition) is 6. The van der Waals surface area contributed by atoms with Gasteiger partial charge in [0.15, 0.2) is 5.65 Å². The molecule has 0 saturated carbocycles. The average molecular weight is 982 g/mol. The minimum Gasteiger partial charge on any atom is -0.493 e. The maximum absolute atomic E-state index is 12.7. The van der Waals surface area contributed by atoms with Crippen LogP contribution < -0.4 is 15.2 Å². The average Bonchev–Trinajstić information content (AvgIpc) is 3.62. The molecule has 4 aromatic carbocycles. The van der Waals surface area contributed by atoms with E-state index >= 15 is 0 Å². The smallest absolute Gasteiger partial charge is 0.338 e. The molecule has 0 spiro atoms. The van der Waals surface area contributed by atoms with Crippen molar-refractivity contribution in [1.29, 1.82) is 0 Å². The van der Waals surface area contributed by atoms with Gasteiger partial charge in [0.1, 0.15) is 34.2 Å². The summed E-state index contributed by atoms with van der Waals surface area (Å²) < 4.78 is 110. The SMILES string of the molecule is Cc1cc(N=Nc2c(C)c(C(N)=O)c3nc4ccccc4n3c2O)c(OCCCS(=O)(=O)O)cc1N=Nc1cc(C)c(N=Nc2ccc(S(=O)(=O)O)cc2C(=O)O)cc1OCCCS(=O)(=O)O. The number of pyridine rings is 1. The van der Waals surface area contributed by atoms with Crippen molar-refractivity contribution in [2.45, 2.75) is 38.5 Å². The Balaban J connectivity index is 1.40. The lowest BCUT2D eigenvalue weighted by Gasteiger charge is -2.13. The summed E-state index contributed by atoms with van der Waals surface area (Å²) in [5.74, 6) is -4.14. The Morgan fingerprint density at radius 1 is 0.687 bits per heavy atom. The van der Waals surface area contributed by atoms with Crippen LogP contribution in [0.3, 0.4) is 0 Å². The first-order valence-corrected chi connectivity index (χ1v) is 24.1. The summed E-state index contributed by atoms with van der Waals surface area (Å²) >= 11 is 0. The molecule has 0 aliphatic rings. The number of aromatic hydroxyl groups is 1. The number of nitrogens with zero attached hydrogens (tertiary/aromatic N) is 8. The number of aryl methyl sites for hydroxylation is 2. The number of imidazole rings is 1. The van der Waals surface area contributed by atoms with Gasteiger partial charge in [-0.25, -0.2) is 9.78 Å². The number of benzene rings is 4. The Labute approximate surface area is 380 Å². The van der Waals surface area contributed by atoms with Crippen molar-refractivity contribution in [3.05, 3.63) is 94.5 Å². The normalized spacial score (nSPS) is 12.6. The van der Waals surface area contributed by atoms with Crippen LogP contribution in [0.1, 0.15) is 50.2 Å². The fourth-order valence-electron chi connectivity index (χ4n) is 6.41. The molecule has 0 saturated heterocycles. The minimum absolute atomic E-state index is 0.0148. The van der Waals surface area contributed by atoms with Gasteiger partial charge in [-0.05, 0) is 92.8 Å². The Hall–Kier alpha value is -7.30. The second-order valence-corrected chi connectivity index (χ2v) is 19.1. The highest BCUT2D eigenvalue weighted by Gasteiger charge is 2.24. The molecule has 7 N–H and O–H groups in total. The monoisotopic (exact) mass is 981 g/mol. The number of aromatic nitrogens is 2. The quantitative estimate of drug-likeness (QED) is 0.0257. The molecule has 0 radical (unpaired) electrons. The third-order valence-electron chi connectivity index (χ3n) is 9.63. The van der Waals surface area contributed by atoms with Crippen LogP contribution in [0, 0.1) is 20.8 Å². The molecule has 2 heterocycles. The second kappa shape index (κ2) is 19.7. The van der Waals surface area contributed by atoms with Crippen LogP contribution in [0.4, 0.5) is 34.1 Å². The van der Waals surface area contributed by atoms with Crippen LogP contribution in [-0.4, -0.2) is 95.1 Å². The zero-order valence-corrected chi connectivity index (χ0v) is 37.7. The predicted octanol–water partition coefficient (Wildman–Crippen LogP) is 7.72. The predicted molar refractivity (Wildman–Crippen MR) is 239 cm³/mol. The van der Waals surface area contributed by atoms with Crippen molar-refractivity contribution in [3.8, 4) is 17.4 Å². The molecule has 0 aliphatic heterocycles. The molecule has 0 fully saturated rings. The third kappa shape index (κ3) is 11.9. The van der Waals surface area contributed by atoms with Crippen LogP contribution >= 0.6 is 0 Å². The number of hydrogen-bond acceptors (Lipinski definition) is 18. The van der Waals surface area contributed by atoms with E-state index in [1.54, 1.807) is 38.1 Å². The Morgan fingerprint density at radius 2 is 1.19 bits per heavy atom. The van der Waals surface area contributed by atoms with E-state index in [1.807, 2.05) is 0 Å². The number of rotatable bonds is 19. The fraction of sp³-hybridized carbons (Fsp3) is 0.225. The van der Waals surface area contributed by atoms with E-state index in [1.165, 1.54) is 35.6 Å². The summed E-state index contributed by atoms with van der Waals surface area (Å²) in [5, 5.41) is 46.5. The van der Waals surface area contributed by atoms with E-state index in [-0.39, 0.29) is 88.5 Å². The maximum Gasteiger partial charge on any atom is 0.338 e. The second-order valence-electron chi connectivity index (χ2n) is 14.5. The number of aromatic carboxylic acids is 1. The molecule has 0 atom stereocenters. The number of carboxylic acids is 1. The molecule has 2 aromatic heterocycles. The van der Waals surface area contributed by atoms with Gasteiger partial charge in [0.05, 0.1) is 63.2 Å². The number of amides is 1. The number of azo groups is 3. The van der Waals surface area contributed by atoms with Crippen LogP contribution in [0.2, 0.25) is 0 Å². The highest BCUT2D eigenvalue weighted by Crippen LogP contribution is 2.42. The molecule has 1 amide bonds. The van der Waals surface area contributed by atoms with Crippen LogP contribution in [0.15, 0.2) is 102 Å². The lowest BCUT2D eigenvalue weighted by molar-refractivity contribution is 0.0697. The van der Waals surface area contributed by atoms with Crippen molar-refractivity contribution < 1.29 is 68.2 Å². The summed E-state index contributed by atoms with van der Waals surface area (Å²) in [6, 6.07) is 15.1. The van der Waals surface area contributed by atoms with Crippen LogP contribution in [0.5, 0.6) is 17.4 Å². The molecule has 6 aromatic rings. The number of para-hydroxylation sites is 2. The molecule has 27 heteroatoms. The molecule has 6 rings (SSSR count). The Morgan fingerprint density at radius 3 is 1.70 bits per heavy atom. The highest BCUT2D eigenvalue weighted by atomic mass is 32.2. The number of carboxylic acid groups (broad SMARTS) is 1. The number of ether oxygens (including phenoxy) is 2. The van der Waals surface area contributed by atoms with Gasteiger partial charge in [0.25, 0.3) is 36.3 Å². The Kier molecular flexibility index (Phi) is 14.4. The zero-order chi connectivity index (χ0) is 49.0. The van der Waals surface area contributed by atoms with E-state index in [2.05, 4.69) is 35.7 Å². The molecule has 0 bridgehead atoms. The maximum atomic E-state index is 12.7. The standard InChI is InChI=1S/C40H39N9O15S3/c1-21-16-30(33(63-12-6-14-65(54,55)56)19-28(21)44-43-26-11-10-24(67(60,61)62)18-25(26)40(52)53)46-45-29-20-34(64-13-7-15-66(57,58)59)31(17-22(29)2)47-48-36-23(3)35(37(41)50)38-42-27-8-4-5-9-32(27)49(38)39(36)51/h4-5,8-11,16-20,51H,6-7,12-15H2,1-3H3,(H2,41,50)(H,52,53)(H,54,55,56)(H,57,58,59)(H,60,61,62). The number of carbonyl (C=O) groups excluding carboxylic acids is 1. The topological polar surface area (TPSA) is 374 Å². The van der Waals surface area contributed by atoms with Gasteiger partial charge < -0.3 is 25.4 Å². The Bertz CT molecular complexity index is 3410. The number of nitrogens with two attached hydrogens (primary N) is 1. The first-order chi connectivity index (χ1) is 31.4. The third-order valence-corrected chi connectivity index (χ3v) is 12.1. The van der Waals surface area contributed by atoms with E-state index in [0.29, 0.717) is 28.2 Å². The molecule has 0 aliphatic carbocycles. The van der Waals surface area contributed by atoms with Crippen molar-refractivity contribution in [2.75, 3.05) is 24.7 Å². The van der Waals surface area contributed by atoms with Gasteiger partial charge in [0, 0.05) is 12.1 Å². The highest BCUT2D eigenvalue weighted by molar-refractivity contribution is 7.86. The molecule has 24 nitrogen and oxygen atoms in total. The molecule has 67 heavy (non-hydrogen) atoms. The zero-order valence-electron chi connectivity index (χ0n) is 35.3. The summed E-state index contributed by atoms with van der Waals surface area (Å²) in [6.07, 6.45) is -0.315. The summed E-state index contributed by atoms with van der Waals surface area (Å²) in [5.41, 5.74) is 7.06. The fourth-order valence-corrected chi connectivity index (χ4v) is 7.88. The largest absolute Gasteiger partial charge is 0.493 e. The molecular weight excluding hydrogens is 943 g/mol. The first kappa shape index (κ1) is 49.1. The number of carbonyl (C=O) groups is 2. The van der Waals surface area contributed by atoms with Crippen molar-refractivity contribution in [2.24, 2.45) is 36.4 Å². The van der Waals surface area contributed by atoms with E-state index in [9.17, 15) is 58.7 Å². The van der Waals surface area contributed by atoms with Crippen molar-refractivity contribution >= 4 is 93.0 Å². The minimum atomic E-state index is -4.75. The van der Waals surface area contributed by atoms with E-state index in [4.69, 9.17) is 15.2 Å². The molecule has 0 unspecified atom stereocenters. The summed E-state index contributed by atoms with van der Waals surface area (Å²) in [7, 11) is -13.4. The lowest BCUT2D eigenvalue weighted by atomic mass is 10.1. The van der Waals surface area contributed by atoms with Gasteiger partial charge in [-0.1, -0.05) is 12.1 Å². The molecular formula is C40H39N9O15S3. The lowest BCUT2D eigenvalue weighted by Crippen LogP contribution is -2.15. The van der Waals surface area contributed by atoms with Gasteiger partial charge in [-0.2, -0.15) is 35.5 Å². The first-order valence-electron chi connectivity index (χ1n) is 19.4. The van der Waals surface area contributed by atoms with E-state index < -0.39 is 70.1 Å². The van der Waals surface area contributed by atoms with Crippen molar-refractivity contribution in [3.63, 3.8) is 0 Å². The summed E-state index contributed by atoms with van der Waals surface area (Å²) in [4.78, 5) is 28.4. The number of fused-ring (bicyclic) bond motifs is 3. The van der Waals surface area contributed by atoms with Gasteiger partial charge in [0.2, 0.25) is 5.88 Å². The van der Waals surface area contributed by atoms with Crippen LogP contribution in [0.25, 0.3) is 16.7 Å². The summed E-state index contributed by atoms with van der Waals surface area (Å²) in [6.45, 7) is 4.20.